The number of hydrogen-bond donors (Lipinski definition) is 2. The highest BCUT2D eigenvalue weighted by Gasteiger charge is 2.16. The van der Waals surface area contributed by atoms with Crippen molar-refractivity contribution in [1.29, 1.82) is 5.26 Å². The molecule has 0 saturated carbocycles. The van der Waals surface area contributed by atoms with Crippen LogP contribution in [0.25, 0.3) is 0 Å². The van der Waals surface area contributed by atoms with Gasteiger partial charge in [-0.25, -0.2) is 4.79 Å². The third-order valence-corrected chi connectivity index (χ3v) is 2.77. The Bertz CT molecular complexity index is 441. The zero-order valence-electron chi connectivity index (χ0n) is 8.40. The van der Waals surface area contributed by atoms with Crippen molar-refractivity contribution < 1.29 is 15.0 Å². The molecule has 0 saturated heterocycles. The number of aliphatic hydroxyl groups excluding tert-OH is 1. The number of carbonyl (C=O) groups is 1. The summed E-state index contributed by atoms with van der Waals surface area (Å²) < 4.78 is 0. The lowest BCUT2D eigenvalue weighted by Crippen LogP contribution is -2.02. The van der Waals surface area contributed by atoms with Crippen molar-refractivity contribution in [1.82, 2.24) is 0 Å². The van der Waals surface area contributed by atoms with E-state index in [2.05, 4.69) is 0 Å². The standard InChI is InChI=1S/C11H10ClNO3/c12-10-7(2-1-3-8(10)6-14)4-9(5-13)11(15)16/h4,6,14H,1-3H2,(H,15,16)/b8-6+,9-4+. The summed E-state index contributed by atoms with van der Waals surface area (Å²) in [7, 11) is 0. The van der Waals surface area contributed by atoms with E-state index in [-0.39, 0.29) is 5.57 Å². The second-order valence-corrected chi connectivity index (χ2v) is 3.70. The molecule has 1 aliphatic carbocycles. The molecule has 4 nitrogen and oxygen atoms in total. The first-order valence-electron chi connectivity index (χ1n) is 4.67. The molecule has 0 amide bonds. The van der Waals surface area contributed by atoms with E-state index in [0.717, 1.165) is 12.7 Å². The summed E-state index contributed by atoms with van der Waals surface area (Å²) in [6.07, 6.45) is 4.21. The van der Waals surface area contributed by atoms with Gasteiger partial charge in [0.15, 0.2) is 0 Å². The number of rotatable bonds is 2. The van der Waals surface area contributed by atoms with Crippen LogP contribution >= 0.6 is 11.6 Å². The van der Waals surface area contributed by atoms with Gasteiger partial charge in [0.25, 0.3) is 0 Å². The third-order valence-electron chi connectivity index (χ3n) is 2.28. The van der Waals surface area contributed by atoms with Crippen molar-refractivity contribution in [3.8, 4) is 6.07 Å². The third kappa shape index (κ3) is 2.65. The number of hydrogen-bond acceptors (Lipinski definition) is 3. The first-order chi connectivity index (χ1) is 7.60. The molecule has 0 fully saturated rings. The number of nitriles is 1. The summed E-state index contributed by atoms with van der Waals surface area (Å²) in [6, 6.07) is 1.59. The second kappa shape index (κ2) is 5.38. The zero-order valence-corrected chi connectivity index (χ0v) is 9.16. The van der Waals surface area contributed by atoms with E-state index in [0.29, 0.717) is 29.0 Å². The lowest BCUT2D eigenvalue weighted by Gasteiger charge is -2.15. The number of nitrogens with zero attached hydrogens (tertiary/aromatic N) is 1. The maximum absolute atomic E-state index is 10.6. The van der Waals surface area contributed by atoms with E-state index < -0.39 is 5.97 Å². The van der Waals surface area contributed by atoms with Crippen LogP contribution in [-0.4, -0.2) is 16.2 Å². The van der Waals surface area contributed by atoms with Crippen molar-refractivity contribution in [2.45, 2.75) is 19.3 Å². The van der Waals surface area contributed by atoms with Gasteiger partial charge in [-0.2, -0.15) is 5.26 Å². The highest BCUT2D eigenvalue weighted by molar-refractivity contribution is 6.32. The van der Waals surface area contributed by atoms with Crippen LogP contribution in [-0.2, 0) is 4.79 Å². The van der Waals surface area contributed by atoms with Gasteiger partial charge in [-0.1, -0.05) is 11.6 Å². The van der Waals surface area contributed by atoms with Crippen LogP contribution in [0.3, 0.4) is 0 Å². The summed E-state index contributed by atoms with van der Waals surface area (Å²) >= 11 is 5.96. The Morgan fingerprint density at radius 1 is 1.50 bits per heavy atom. The van der Waals surface area contributed by atoms with Crippen LogP contribution in [0, 0.1) is 11.3 Å². The van der Waals surface area contributed by atoms with Crippen LogP contribution in [0.4, 0.5) is 0 Å². The average Bonchev–Trinajstić information content (AvgIpc) is 2.27. The number of aliphatic hydroxyl groups is 1. The van der Waals surface area contributed by atoms with Crippen molar-refractivity contribution in [3.63, 3.8) is 0 Å². The molecule has 0 unspecified atom stereocenters. The Labute approximate surface area is 97.8 Å². The summed E-state index contributed by atoms with van der Waals surface area (Å²) in [4.78, 5) is 10.6. The first-order valence-corrected chi connectivity index (χ1v) is 5.05. The van der Waals surface area contributed by atoms with Gasteiger partial charge in [-0.05, 0) is 30.9 Å². The maximum atomic E-state index is 10.6. The van der Waals surface area contributed by atoms with Crippen LogP contribution < -0.4 is 0 Å². The monoisotopic (exact) mass is 239 g/mol. The molecule has 16 heavy (non-hydrogen) atoms. The molecule has 2 N–H and O–H groups in total. The Hall–Kier alpha value is -1.73. The van der Waals surface area contributed by atoms with E-state index in [4.69, 9.17) is 27.1 Å². The molecule has 0 radical (unpaired) electrons. The number of carboxylic acid groups (broad SMARTS) is 1. The molecule has 84 valence electrons. The fourth-order valence-corrected chi connectivity index (χ4v) is 1.76. The normalized spacial score (nSPS) is 19.8. The molecule has 0 aliphatic heterocycles. The lowest BCUT2D eigenvalue weighted by atomic mass is 9.94. The van der Waals surface area contributed by atoms with Gasteiger partial charge < -0.3 is 10.2 Å². The Morgan fingerprint density at radius 2 is 2.19 bits per heavy atom. The van der Waals surface area contributed by atoms with E-state index in [1.165, 1.54) is 6.08 Å². The fourth-order valence-electron chi connectivity index (χ4n) is 1.47. The predicted molar refractivity (Wildman–Crippen MR) is 58.8 cm³/mol. The summed E-state index contributed by atoms with van der Waals surface area (Å²) in [5.41, 5.74) is 0.793. The highest BCUT2D eigenvalue weighted by Crippen LogP contribution is 2.33. The van der Waals surface area contributed by atoms with Gasteiger partial charge in [-0.3, -0.25) is 0 Å². The summed E-state index contributed by atoms with van der Waals surface area (Å²) in [5.74, 6) is -1.28. The largest absolute Gasteiger partial charge is 0.515 e. The Morgan fingerprint density at radius 3 is 2.69 bits per heavy atom. The quantitative estimate of drug-likeness (QED) is 0.441. The van der Waals surface area contributed by atoms with Crippen molar-refractivity contribution >= 4 is 17.6 Å². The van der Waals surface area contributed by atoms with E-state index >= 15 is 0 Å². The first kappa shape index (κ1) is 12.3. The fraction of sp³-hybridized carbons (Fsp3) is 0.273. The summed E-state index contributed by atoms with van der Waals surface area (Å²) in [5, 5.41) is 26.5. The Balaban J connectivity index is 3.14. The smallest absolute Gasteiger partial charge is 0.346 e. The number of halogens is 1. The minimum absolute atomic E-state index is 0.336. The van der Waals surface area contributed by atoms with Gasteiger partial charge in [0.05, 0.1) is 11.3 Å². The van der Waals surface area contributed by atoms with Gasteiger partial charge in [0.2, 0.25) is 0 Å². The van der Waals surface area contributed by atoms with Crippen LogP contribution in [0.1, 0.15) is 19.3 Å². The van der Waals surface area contributed by atoms with E-state index in [1.807, 2.05) is 0 Å². The number of allylic oxidation sites excluding steroid dienone is 4. The number of aliphatic carboxylic acids is 1. The molecule has 0 spiro atoms. The van der Waals surface area contributed by atoms with E-state index in [9.17, 15) is 4.79 Å². The lowest BCUT2D eigenvalue weighted by molar-refractivity contribution is -0.132. The van der Waals surface area contributed by atoms with Gasteiger partial charge in [0, 0.05) is 5.57 Å². The molecular weight excluding hydrogens is 230 g/mol. The van der Waals surface area contributed by atoms with Crippen LogP contribution in [0.5, 0.6) is 0 Å². The SMILES string of the molecule is N#C/C(=C\C1=C(Cl)C(=C/O)/CCC1)C(=O)O. The maximum Gasteiger partial charge on any atom is 0.346 e. The predicted octanol–water partition coefficient (Wildman–Crippen LogP) is 2.64. The Kier molecular flexibility index (Phi) is 4.15. The van der Waals surface area contributed by atoms with Gasteiger partial charge in [0.1, 0.15) is 11.6 Å². The van der Waals surface area contributed by atoms with Crippen molar-refractivity contribution in [2.24, 2.45) is 0 Å². The molecule has 0 aromatic carbocycles. The highest BCUT2D eigenvalue weighted by atomic mass is 35.5. The molecule has 0 heterocycles. The molecule has 5 heteroatoms. The molecule has 1 aliphatic rings. The molecule has 0 aromatic heterocycles. The molecule has 1 rings (SSSR count). The van der Waals surface area contributed by atoms with Crippen LogP contribution in [0.15, 0.2) is 34.1 Å². The van der Waals surface area contributed by atoms with Gasteiger partial charge in [-0.15, -0.1) is 0 Å². The van der Waals surface area contributed by atoms with E-state index in [1.54, 1.807) is 6.07 Å². The van der Waals surface area contributed by atoms with Crippen molar-refractivity contribution in [2.75, 3.05) is 0 Å². The second-order valence-electron chi connectivity index (χ2n) is 3.32. The van der Waals surface area contributed by atoms with Gasteiger partial charge >= 0.3 is 5.97 Å². The molecular formula is C11H10ClNO3. The average molecular weight is 240 g/mol. The summed E-state index contributed by atoms with van der Waals surface area (Å²) in [6.45, 7) is 0. The van der Waals surface area contributed by atoms with Crippen LogP contribution in [0.2, 0.25) is 0 Å². The molecule has 0 aromatic rings. The molecule has 0 atom stereocenters. The number of carboxylic acids is 1. The van der Waals surface area contributed by atoms with Crippen molar-refractivity contribution in [3.05, 3.63) is 34.1 Å². The topological polar surface area (TPSA) is 81.3 Å². The minimum Gasteiger partial charge on any atom is -0.515 e. The minimum atomic E-state index is -1.28. The zero-order chi connectivity index (χ0) is 12.1. The molecule has 0 bridgehead atoms.